The highest BCUT2D eigenvalue weighted by molar-refractivity contribution is 5.79. The van der Waals surface area contributed by atoms with Crippen LogP contribution in [0.25, 0.3) is 22.2 Å². The van der Waals surface area contributed by atoms with Crippen LogP contribution in [0.2, 0.25) is 0 Å². The molecule has 0 aliphatic heterocycles. The maximum atomic E-state index is 12.5. The number of hydrogen-bond donors (Lipinski definition) is 1. The standard InChI is InChI=1S/C25H23N3O/c1-2-16-28-23-11-7-6-10-22(23)27-24(28)18-26-25(29)17-19-12-14-21(15-13-19)20-8-4-3-5-9-20/h2-15H,1,16-18H2,(H,26,29). The van der Waals surface area contributed by atoms with Gasteiger partial charge in [-0.1, -0.05) is 72.8 Å². The fourth-order valence-electron chi connectivity index (χ4n) is 3.46. The van der Waals surface area contributed by atoms with Gasteiger partial charge in [-0.15, -0.1) is 6.58 Å². The third-order valence-electron chi connectivity index (χ3n) is 4.91. The van der Waals surface area contributed by atoms with Crippen molar-refractivity contribution in [3.8, 4) is 11.1 Å². The Labute approximate surface area is 170 Å². The van der Waals surface area contributed by atoms with E-state index in [0.717, 1.165) is 28.0 Å². The van der Waals surface area contributed by atoms with Crippen molar-refractivity contribution in [3.63, 3.8) is 0 Å². The average Bonchev–Trinajstić information content (AvgIpc) is 3.11. The van der Waals surface area contributed by atoms with Gasteiger partial charge in [0.25, 0.3) is 0 Å². The lowest BCUT2D eigenvalue weighted by Crippen LogP contribution is -2.26. The van der Waals surface area contributed by atoms with Crippen molar-refractivity contribution in [2.45, 2.75) is 19.5 Å². The van der Waals surface area contributed by atoms with Gasteiger partial charge in [0.1, 0.15) is 5.82 Å². The number of carbonyl (C=O) groups is 1. The normalized spacial score (nSPS) is 10.8. The van der Waals surface area contributed by atoms with Crippen LogP contribution in [0.3, 0.4) is 0 Å². The van der Waals surface area contributed by atoms with E-state index in [2.05, 4.69) is 45.7 Å². The summed E-state index contributed by atoms with van der Waals surface area (Å²) in [5.41, 5.74) is 5.28. The Morgan fingerprint density at radius 3 is 2.38 bits per heavy atom. The smallest absolute Gasteiger partial charge is 0.224 e. The summed E-state index contributed by atoms with van der Waals surface area (Å²) in [5.74, 6) is 0.813. The summed E-state index contributed by atoms with van der Waals surface area (Å²) < 4.78 is 2.08. The van der Waals surface area contributed by atoms with Gasteiger partial charge in [0.15, 0.2) is 0 Å². The molecule has 0 fully saturated rings. The SMILES string of the molecule is C=CCn1c(CNC(=O)Cc2ccc(-c3ccccc3)cc2)nc2ccccc21. The Kier molecular flexibility index (Phi) is 5.52. The van der Waals surface area contributed by atoms with Crippen molar-refractivity contribution < 1.29 is 4.79 Å². The van der Waals surface area contributed by atoms with Crippen LogP contribution in [0, 0.1) is 0 Å². The van der Waals surface area contributed by atoms with Crippen LogP contribution in [-0.4, -0.2) is 15.5 Å². The van der Waals surface area contributed by atoms with Gasteiger partial charge in [0, 0.05) is 6.54 Å². The van der Waals surface area contributed by atoms with Crippen LogP contribution in [0.5, 0.6) is 0 Å². The van der Waals surface area contributed by atoms with Gasteiger partial charge < -0.3 is 9.88 Å². The van der Waals surface area contributed by atoms with Gasteiger partial charge in [0.05, 0.1) is 24.0 Å². The number of nitrogens with one attached hydrogen (secondary N) is 1. The molecule has 4 nitrogen and oxygen atoms in total. The first kappa shape index (κ1) is 18.7. The zero-order valence-corrected chi connectivity index (χ0v) is 16.2. The van der Waals surface area contributed by atoms with E-state index in [1.165, 1.54) is 5.56 Å². The van der Waals surface area contributed by atoms with E-state index in [4.69, 9.17) is 0 Å². The van der Waals surface area contributed by atoms with Crippen LogP contribution < -0.4 is 5.32 Å². The number of imidazole rings is 1. The molecule has 0 atom stereocenters. The number of para-hydroxylation sites is 2. The number of amides is 1. The summed E-state index contributed by atoms with van der Waals surface area (Å²) in [6.07, 6.45) is 2.19. The molecular formula is C25H23N3O. The number of benzene rings is 3. The van der Waals surface area contributed by atoms with Gasteiger partial charge in [-0.3, -0.25) is 4.79 Å². The van der Waals surface area contributed by atoms with Gasteiger partial charge in [-0.05, 0) is 28.8 Å². The zero-order chi connectivity index (χ0) is 20.1. The Morgan fingerprint density at radius 1 is 0.931 bits per heavy atom. The molecule has 0 saturated carbocycles. The highest BCUT2D eigenvalue weighted by Crippen LogP contribution is 2.19. The second-order valence-electron chi connectivity index (χ2n) is 6.93. The molecule has 1 aromatic heterocycles. The zero-order valence-electron chi connectivity index (χ0n) is 16.2. The molecule has 0 aliphatic carbocycles. The highest BCUT2D eigenvalue weighted by atomic mass is 16.1. The lowest BCUT2D eigenvalue weighted by atomic mass is 10.0. The highest BCUT2D eigenvalue weighted by Gasteiger charge is 2.11. The van der Waals surface area contributed by atoms with Gasteiger partial charge in [-0.2, -0.15) is 0 Å². The summed E-state index contributed by atoms with van der Waals surface area (Å²) in [7, 11) is 0. The second-order valence-corrected chi connectivity index (χ2v) is 6.93. The molecule has 4 aromatic rings. The monoisotopic (exact) mass is 381 g/mol. The van der Waals surface area contributed by atoms with E-state index in [1.807, 2.05) is 60.7 Å². The van der Waals surface area contributed by atoms with Crippen molar-refractivity contribution >= 4 is 16.9 Å². The summed E-state index contributed by atoms with van der Waals surface area (Å²) in [5, 5.41) is 3.00. The lowest BCUT2D eigenvalue weighted by Gasteiger charge is -2.09. The summed E-state index contributed by atoms with van der Waals surface area (Å²) >= 11 is 0. The molecule has 1 N–H and O–H groups in total. The number of rotatable bonds is 7. The van der Waals surface area contributed by atoms with Crippen LogP contribution in [0.4, 0.5) is 0 Å². The molecule has 3 aromatic carbocycles. The fourth-order valence-corrected chi connectivity index (χ4v) is 3.46. The van der Waals surface area contributed by atoms with Crippen molar-refractivity contribution in [1.82, 2.24) is 14.9 Å². The first-order valence-corrected chi connectivity index (χ1v) is 9.70. The Balaban J connectivity index is 1.41. The number of aromatic nitrogens is 2. The third-order valence-corrected chi connectivity index (χ3v) is 4.91. The molecule has 29 heavy (non-hydrogen) atoms. The molecule has 0 radical (unpaired) electrons. The van der Waals surface area contributed by atoms with E-state index in [-0.39, 0.29) is 5.91 Å². The van der Waals surface area contributed by atoms with E-state index in [1.54, 1.807) is 0 Å². The predicted octanol–water partition coefficient (Wildman–Crippen LogP) is 4.75. The minimum absolute atomic E-state index is 0.0188. The van der Waals surface area contributed by atoms with Crippen molar-refractivity contribution in [3.05, 3.63) is 103 Å². The number of fused-ring (bicyclic) bond motifs is 1. The van der Waals surface area contributed by atoms with E-state index in [0.29, 0.717) is 19.5 Å². The Morgan fingerprint density at radius 2 is 1.62 bits per heavy atom. The Bertz CT molecular complexity index is 1130. The molecule has 0 bridgehead atoms. The average molecular weight is 381 g/mol. The maximum Gasteiger partial charge on any atom is 0.224 e. The van der Waals surface area contributed by atoms with Crippen molar-refractivity contribution in [2.75, 3.05) is 0 Å². The third kappa shape index (κ3) is 4.27. The molecule has 4 rings (SSSR count). The number of nitrogens with zero attached hydrogens (tertiary/aromatic N) is 2. The second kappa shape index (κ2) is 8.57. The molecule has 0 aliphatic rings. The Hall–Kier alpha value is -3.66. The maximum absolute atomic E-state index is 12.5. The molecule has 0 saturated heterocycles. The molecule has 144 valence electrons. The quantitative estimate of drug-likeness (QED) is 0.470. The predicted molar refractivity (Wildman–Crippen MR) is 117 cm³/mol. The minimum Gasteiger partial charge on any atom is -0.349 e. The van der Waals surface area contributed by atoms with Crippen LogP contribution in [-0.2, 0) is 24.3 Å². The number of carbonyl (C=O) groups excluding carboxylic acids is 1. The summed E-state index contributed by atoms with van der Waals surface area (Å²) in [6.45, 7) is 4.88. The van der Waals surface area contributed by atoms with E-state index < -0.39 is 0 Å². The molecule has 0 spiro atoms. The molecule has 1 amide bonds. The fraction of sp³-hybridized carbons (Fsp3) is 0.120. The summed E-state index contributed by atoms with van der Waals surface area (Å²) in [4.78, 5) is 17.1. The molecule has 4 heteroatoms. The van der Waals surface area contributed by atoms with Crippen molar-refractivity contribution in [2.24, 2.45) is 0 Å². The van der Waals surface area contributed by atoms with Crippen molar-refractivity contribution in [1.29, 1.82) is 0 Å². The molecule has 0 unspecified atom stereocenters. The van der Waals surface area contributed by atoms with E-state index >= 15 is 0 Å². The van der Waals surface area contributed by atoms with Gasteiger partial charge >= 0.3 is 0 Å². The first-order valence-electron chi connectivity index (χ1n) is 9.70. The van der Waals surface area contributed by atoms with Crippen LogP contribution in [0.15, 0.2) is 91.5 Å². The van der Waals surface area contributed by atoms with Crippen LogP contribution in [0.1, 0.15) is 11.4 Å². The number of hydrogen-bond acceptors (Lipinski definition) is 2. The molecular weight excluding hydrogens is 358 g/mol. The molecule has 1 heterocycles. The minimum atomic E-state index is -0.0188. The largest absolute Gasteiger partial charge is 0.349 e. The van der Waals surface area contributed by atoms with Crippen LogP contribution >= 0.6 is 0 Å². The summed E-state index contributed by atoms with van der Waals surface area (Å²) in [6, 6.07) is 26.3. The van der Waals surface area contributed by atoms with E-state index in [9.17, 15) is 4.79 Å². The number of allylic oxidation sites excluding steroid dienone is 1. The van der Waals surface area contributed by atoms with Gasteiger partial charge in [0.2, 0.25) is 5.91 Å². The first-order chi connectivity index (χ1) is 14.2. The topological polar surface area (TPSA) is 46.9 Å². The van der Waals surface area contributed by atoms with Gasteiger partial charge in [-0.25, -0.2) is 4.98 Å². The lowest BCUT2D eigenvalue weighted by molar-refractivity contribution is -0.120.